The van der Waals surface area contributed by atoms with Crippen LogP contribution in [0.2, 0.25) is 0 Å². The van der Waals surface area contributed by atoms with Gasteiger partial charge in [-0.25, -0.2) is 0 Å². The third kappa shape index (κ3) is 2.78. The first-order chi connectivity index (χ1) is 11.6. The number of carbonyl (C=O) groups excluding carboxylic acids is 1. The second-order valence-electron chi connectivity index (χ2n) is 7.78. The highest BCUT2D eigenvalue weighted by atomic mass is 16.3. The predicted molar refractivity (Wildman–Crippen MR) is 93.3 cm³/mol. The fraction of sp³-hybridized carbons (Fsp3) is 0.737. The van der Waals surface area contributed by atoms with Gasteiger partial charge in [-0.2, -0.15) is 0 Å². The summed E-state index contributed by atoms with van der Waals surface area (Å²) >= 11 is 0. The van der Waals surface area contributed by atoms with E-state index < -0.39 is 0 Å². The van der Waals surface area contributed by atoms with E-state index in [2.05, 4.69) is 29.4 Å². The van der Waals surface area contributed by atoms with Crippen molar-refractivity contribution in [2.75, 3.05) is 26.2 Å². The van der Waals surface area contributed by atoms with Crippen LogP contribution >= 0.6 is 0 Å². The lowest BCUT2D eigenvalue weighted by molar-refractivity contribution is 0.0315. The van der Waals surface area contributed by atoms with Gasteiger partial charge in [-0.1, -0.05) is 0 Å². The molecule has 2 aliphatic carbocycles. The van der Waals surface area contributed by atoms with E-state index >= 15 is 0 Å². The summed E-state index contributed by atoms with van der Waals surface area (Å²) in [6.07, 6.45) is 5.45. The van der Waals surface area contributed by atoms with Gasteiger partial charge in [0.05, 0.1) is 11.7 Å². The number of hydrogen-bond acceptors (Lipinski definition) is 3. The number of nitrogens with zero attached hydrogens (tertiary/aromatic N) is 3. The lowest BCUT2D eigenvalue weighted by atomic mass is 10.1. The molecular weight excluding hydrogens is 302 g/mol. The maximum Gasteiger partial charge on any atom is 0.255 e. The van der Waals surface area contributed by atoms with Crippen molar-refractivity contribution in [3.8, 4) is 0 Å². The molecule has 0 unspecified atom stereocenters. The van der Waals surface area contributed by atoms with Crippen LogP contribution in [0.3, 0.4) is 0 Å². The zero-order valence-corrected chi connectivity index (χ0v) is 14.9. The summed E-state index contributed by atoms with van der Waals surface area (Å²) in [5.41, 5.74) is 3.23. The molecule has 132 valence electrons. The largest absolute Gasteiger partial charge is 0.391 e. The summed E-state index contributed by atoms with van der Waals surface area (Å²) in [5, 5.41) is 10.1. The average molecular weight is 331 g/mol. The number of aliphatic hydroxyl groups is 1. The number of hydrogen-bond donors (Lipinski definition) is 1. The van der Waals surface area contributed by atoms with E-state index in [0.29, 0.717) is 12.1 Å². The number of rotatable bonds is 3. The summed E-state index contributed by atoms with van der Waals surface area (Å²) in [5.74, 6) is 0.182. The maximum absolute atomic E-state index is 13.0. The van der Waals surface area contributed by atoms with Gasteiger partial charge >= 0.3 is 0 Å². The van der Waals surface area contributed by atoms with E-state index in [1.807, 2.05) is 4.90 Å². The van der Waals surface area contributed by atoms with Crippen molar-refractivity contribution in [3.63, 3.8) is 0 Å². The van der Waals surface area contributed by atoms with Crippen molar-refractivity contribution in [2.24, 2.45) is 0 Å². The molecular formula is C19H29N3O2. The van der Waals surface area contributed by atoms with Crippen molar-refractivity contribution in [1.82, 2.24) is 14.4 Å². The Morgan fingerprint density at radius 2 is 1.79 bits per heavy atom. The molecule has 1 aromatic heterocycles. The molecule has 1 N–H and O–H groups in total. The first-order valence-corrected chi connectivity index (χ1v) is 9.46. The van der Waals surface area contributed by atoms with Gasteiger partial charge in [0, 0.05) is 49.7 Å². The van der Waals surface area contributed by atoms with Gasteiger partial charge in [-0.05, 0) is 52.0 Å². The van der Waals surface area contributed by atoms with Crippen molar-refractivity contribution < 1.29 is 9.90 Å². The van der Waals surface area contributed by atoms with Crippen LogP contribution in [-0.4, -0.2) is 63.7 Å². The fourth-order valence-corrected chi connectivity index (χ4v) is 4.66. The third-order valence-corrected chi connectivity index (χ3v) is 6.14. The van der Waals surface area contributed by atoms with Crippen LogP contribution in [0.1, 0.15) is 59.9 Å². The number of aromatic nitrogens is 1. The molecule has 0 radical (unpaired) electrons. The summed E-state index contributed by atoms with van der Waals surface area (Å²) in [4.78, 5) is 17.3. The van der Waals surface area contributed by atoms with Crippen molar-refractivity contribution in [2.45, 2.75) is 64.1 Å². The van der Waals surface area contributed by atoms with Gasteiger partial charge in [-0.15, -0.1) is 0 Å². The molecule has 2 heterocycles. The molecule has 4 rings (SSSR count). The van der Waals surface area contributed by atoms with Crippen LogP contribution < -0.4 is 0 Å². The van der Waals surface area contributed by atoms with E-state index in [9.17, 15) is 9.90 Å². The molecule has 0 bridgehead atoms. The lowest BCUT2D eigenvalue weighted by Gasteiger charge is -2.39. The SMILES string of the molecule is Cc1cc(C(=O)N2CCN([C@H]3CCC[C@H]3O)CC2)c(C)n1C1CC1. The minimum Gasteiger partial charge on any atom is -0.391 e. The molecule has 0 spiro atoms. The Hall–Kier alpha value is -1.33. The highest BCUT2D eigenvalue weighted by molar-refractivity contribution is 5.95. The highest BCUT2D eigenvalue weighted by Crippen LogP contribution is 2.38. The van der Waals surface area contributed by atoms with Crippen molar-refractivity contribution >= 4 is 5.91 Å². The van der Waals surface area contributed by atoms with Crippen LogP contribution in [0.4, 0.5) is 0 Å². The summed E-state index contributed by atoms with van der Waals surface area (Å²) in [7, 11) is 0. The normalized spacial score (nSPS) is 28.5. The van der Waals surface area contributed by atoms with Gasteiger partial charge in [-0.3, -0.25) is 9.69 Å². The summed E-state index contributed by atoms with van der Waals surface area (Å²) < 4.78 is 2.35. The molecule has 3 aliphatic rings. The molecule has 1 saturated heterocycles. The van der Waals surface area contributed by atoms with E-state index in [1.54, 1.807) is 0 Å². The van der Waals surface area contributed by atoms with Gasteiger partial charge in [0.25, 0.3) is 5.91 Å². The molecule has 5 heteroatoms. The zero-order chi connectivity index (χ0) is 16.8. The van der Waals surface area contributed by atoms with Crippen molar-refractivity contribution in [1.29, 1.82) is 0 Å². The smallest absolute Gasteiger partial charge is 0.255 e. The Morgan fingerprint density at radius 1 is 1.08 bits per heavy atom. The molecule has 5 nitrogen and oxygen atoms in total. The average Bonchev–Trinajstić information content (AvgIpc) is 3.24. The van der Waals surface area contributed by atoms with Crippen LogP contribution in [-0.2, 0) is 0 Å². The molecule has 1 aromatic rings. The molecule has 3 fully saturated rings. The van der Waals surface area contributed by atoms with E-state index in [4.69, 9.17) is 0 Å². The second-order valence-corrected chi connectivity index (χ2v) is 7.78. The number of aliphatic hydroxyl groups excluding tert-OH is 1. The number of piperazine rings is 1. The van der Waals surface area contributed by atoms with Gasteiger partial charge in [0.1, 0.15) is 0 Å². The minimum atomic E-state index is -0.176. The first-order valence-electron chi connectivity index (χ1n) is 9.46. The molecule has 2 saturated carbocycles. The predicted octanol–water partition coefficient (Wildman–Crippen LogP) is 2.11. The monoisotopic (exact) mass is 331 g/mol. The molecule has 0 aromatic carbocycles. The summed E-state index contributed by atoms with van der Waals surface area (Å²) in [6, 6.07) is 3.00. The Bertz CT molecular complexity index is 627. The third-order valence-electron chi connectivity index (χ3n) is 6.14. The summed E-state index contributed by atoms with van der Waals surface area (Å²) in [6.45, 7) is 7.51. The quantitative estimate of drug-likeness (QED) is 0.923. The topological polar surface area (TPSA) is 48.7 Å². The standard InChI is InChI=1S/C19H29N3O2/c1-13-12-16(14(2)22(13)15-6-7-15)19(24)21-10-8-20(9-11-21)17-4-3-5-18(17)23/h12,15,17-18,23H,3-11H2,1-2H3/t17-,18+/m0/s1. The maximum atomic E-state index is 13.0. The Kier molecular flexibility index (Phi) is 4.17. The van der Waals surface area contributed by atoms with Crippen molar-refractivity contribution in [3.05, 3.63) is 23.0 Å². The van der Waals surface area contributed by atoms with Crippen LogP contribution in [0.15, 0.2) is 6.07 Å². The van der Waals surface area contributed by atoms with Crippen LogP contribution in [0.25, 0.3) is 0 Å². The number of carbonyl (C=O) groups is 1. The van der Waals surface area contributed by atoms with E-state index in [-0.39, 0.29) is 12.0 Å². The number of amides is 1. The molecule has 1 amide bonds. The van der Waals surface area contributed by atoms with E-state index in [1.165, 1.54) is 18.5 Å². The Balaban J connectivity index is 1.42. The first kappa shape index (κ1) is 16.2. The molecule has 24 heavy (non-hydrogen) atoms. The lowest BCUT2D eigenvalue weighted by Crippen LogP contribution is -2.53. The zero-order valence-electron chi connectivity index (χ0n) is 14.9. The minimum absolute atomic E-state index is 0.176. The fourth-order valence-electron chi connectivity index (χ4n) is 4.66. The number of aryl methyl sites for hydroxylation is 1. The second kappa shape index (κ2) is 6.19. The van der Waals surface area contributed by atoms with Gasteiger partial charge in [0.2, 0.25) is 0 Å². The van der Waals surface area contributed by atoms with Gasteiger partial charge < -0.3 is 14.6 Å². The Labute approximate surface area is 144 Å². The van der Waals surface area contributed by atoms with Crippen LogP contribution in [0.5, 0.6) is 0 Å². The highest BCUT2D eigenvalue weighted by Gasteiger charge is 2.34. The van der Waals surface area contributed by atoms with E-state index in [0.717, 1.165) is 56.7 Å². The molecule has 2 atom stereocenters. The molecule has 1 aliphatic heterocycles. The van der Waals surface area contributed by atoms with Gasteiger partial charge in [0.15, 0.2) is 0 Å². The van der Waals surface area contributed by atoms with Crippen LogP contribution in [0, 0.1) is 13.8 Å². The Morgan fingerprint density at radius 3 is 2.38 bits per heavy atom.